The maximum absolute atomic E-state index is 5.85. The van der Waals surface area contributed by atoms with Gasteiger partial charge in [0.05, 0.1) is 11.8 Å². The highest BCUT2D eigenvalue weighted by Gasteiger charge is 2.20. The lowest BCUT2D eigenvalue weighted by Gasteiger charge is -2.27. The Balaban J connectivity index is 1.95. The summed E-state index contributed by atoms with van der Waals surface area (Å²) in [6.07, 6.45) is 4.47. The van der Waals surface area contributed by atoms with Crippen molar-refractivity contribution in [2.24, 2.45) is 5.73 Å². The molecule has 1 aliphatic rings. The topological polar surface area (TPSA) is 61.3 Å². The first-order valence-corrected chi connectivity index (χ1v) is 5.52. The lowest BCUT2D eigenvalue weighted by molar-refractivity contribution is 0.148. The molecule has 15 heavy (non-hydrogen) atoms. The standard InChI is InChI=1S/C12H18N2O/c13-9-5-7-10(8-6-9)15-12-4-2-1-3-11(12)14/h1-4,9-10H,5-8,13-14H2. The van der Waals surface area contributed by atoms with Crippen LogP contribution in [0.15, 0.2) is 24.3 Å². The molecular weight excluding hydrogens is 188 g/mol. The number of nitrogens with two attached hydrogens (primary N) is 2. The molecule has 0 bridgehead atoms. The molecule has 3 heteroatoms. The van der Waals surface area contributed by atoms with Crippen LogP contribution in [0.1, 0.15) is 25.7 Å². The average Bonchev–Trinajstić information content (AvgIpc) is 2.25. The van der Waals surface area contributed by atoms with Gasteiger partial charge in [0.1, 0.15) is 5.75 Å². The Hall–Kier alpha value is -1.22. The second kappa shape index (κ2) is 4.53. The zero-order valence-electron chi connectivity index (χ0n) is 8.86. The maximum atomic E-state index is 5.85. The quantitative estimate of drug-likeness (QED) is 0.727. The molecule has 0 amide bonds. The fraction of sp³-hybridized carbons (Fsp3) is 0.500. The van der Waals surface area contributed by atoms with Gasteiger partial charge in [0, 0.05) is 6.04 Å². The van der Waals surface area contributed by atoms with E-state index in [1.807, 2.05) is 24.3 Å². The molecule has 1 aromatic carbocycles. The minimum Gasteiger partial charge on any atom is -0.488 e. The van der Waals surface area contributed by atoms with Gasteiger partial charge in [-0.1, -0.05) is 12.1 Å². The lowest BCUT2D eigenvalue weighted by Crippen LogP contribution is -2.31. The van der Waals surface area contributed by atoms with Gasteiger partial charge < -0.3 is 16.2 Å². The van der Waals surface area contributed by atoms with E-state index < -0.39 is 0 Å². The second-order valence-electron chi connectivity index (χ2n) is 4.19. The first-order chi connectivity index (χ1) is 7.25. The third-order valence-electron chi connectivity index (χ3n) is 2.93. The summed E-state index contributed by atoms with van der Waals surface area (Å²) in [5.41, 5.74) is 12.4. The van der Waals surface area contributed by atoms with Crippen LogP contribution in [0.4, 0.5) is 5.69 Å². The first kappa shape index (κ1) is 10.3. The summed E-state index contributed by atoms with van der Waals surface area (Å²) in [6, 6.07) is 8.01. The maximum Gasteiger partial charge on any atom is 0.142 e. The smallest absolute Gasteiger partial charge is 0.142 e. The summed E-state index contributed by atoms with van der Waals surface area (Å²) in [4.78, 5) is 0. The first-order valence-electron chi connectivity index (χ1n) is 5.52. The van der Waals surface area contributed by atoms with Gasteiger partial charge >= 0.3 is 0 Å². The molecule has 1 saturated carbocycles. The van der Waals surface area contributed by atoms with Gasteiger partial charge in [-0.2, -0.15) is 0 Å². The Morgan fingerprint density at radius 3 is 2.40 bits per heavy atom. The van der Waals surface area contributed by atoms with Gasteiger partial charge in [-0.3, -0.25) is 0 Å². The molecule has 1 aliphatic carbocycles. The van der Waals surface area contributed by atoms with Gasteiger partial charge in [0.25, 0.3) is 0 Å². The molecular formula is C12H18N2O. The third kappa shape index (κ3) is 2.63. The summed E-state index contributed by atoms with van der Waals surface area (Å²) >= 11 is 0. The van der Waals surface area contributed by atoms with Crippen LogP contribution in [0.3, 0.4) is 0 Å². The normalized spacial score (nSPS) is 26.2. The molecule has 0 saturated heterocycles. The highest BCUT2D eigenvalue weighted by Crippen LogP contribution is 2.26. The van der Waals surface area contributed by atoms with Crippen molar-refractivity contribution in [3.05, 3.63) is 24.3 Å². The highest BCUT2D eigenvalue weighted by molar-refractivity contribution is 5.51. The molecule has 0 unspecified atom stereocenters. The molecule has 0 spiro atoms. The van der Waals surface area contributed by atoms with E-state index in [0.717, 1.165) is 31.4 Å². The number of anilines is 1. The summed E-state index contributed by atoms with van der Waals surface area (Å²) < 4.78 is 5.85. The highest BCUT2D eigenvalue weighted by atomic mass is 16.5. The van der Waals surface area contributed by atoms with Crippen LogP contribution in [0, 0.1) is 0 Å². The Morgan fingerprint density at radius 2 is 1.73 bits per heavy atom. The fourth-order valence-electron chi connectivity index (χ4n) is 1.97. The summed E-state index contributed by atoms with van der Waals surface area (Å²) in [5.74, 6) is 0.804. The summed E-state index contributed by atoms with van der Waals surface area (Å²) in [7, 11) is 0. The van der Waals surface area contributed by atoms with Crippen LogP contribution in [-0.2, 0) is 0 Å². The van der Waals surface area contributed by atoms with Gasteiger partial charge in [-0.25, -0.2) is 0 Å². The number of benzene rings is 1. The van der Waals surface area contributed by atoms with Crippen LogP contribution in [-0.4, -0.2) is 12.1 Å². The number of hydrogen-bond donors (Lipinski definition) is 2. The number of rotatable bonds is 2. The molecule has 3 nitrogen and oxygen atoms in total. The van der Waals surface area contributed by atoms with Crippen molar-refractivity contribution in [2.45, 2.75) is 37.8 Å². The number of para-hydroxylation sites is 2. The molecule has 2 rings (SSSR count). The number of nitrogen functional groups attached to an aromatic ring is 1. The van der Waals surface area contributed by atoms with E-state index in [1.54, 1.807) is 0 Å². The second-order valence-corrected chi connectivity index (χ2v) is 4.19. The van der Waals surface area contributed by atoms with Crippen molar-refractivity contribution < 1.29 is 4.74 Å². The van der Waals surface area contributed by atoms with Gasteiger partial charge in [-0.15, -0.1) is 0 Å². The Morgan fingerprint density at radius 1 is 1.07 bits per heavy atom. The van der Waals surface area contributed by atoms with Crippen LogP contribution in [0.2, 0.25) is 0 Å². The predicted molar refractivity (Wildman–Crippen MR) is 61.7 cm³/mol. The average molecular weight is 206 g/mol. The molecule has 0 radical (unpaired) electrons. The summed E-state index contributed by atoms with van der Waals surface area (Å²) in [5, 5.41) is 0. The predicted octanol–water partition coefficient (Wildman–Crippen LogP) is 1.92. The Labute approximate surface area is 90.4 Å². The van der Waals surface area contributed by atoms with Crippen LogP contribution in [0.5, 0.6) is 5.75 Å². The molecule has 82 valence electrons. The lowest BCUT2D eigenvalue weighted by atomic mass is 9.94. The van der Waals surface area contributed by atoms with Crippen molar-refractivity contribution >= 4 is 5.69 Å². The molecule has 4 N–H and O–H groups in total. The fourth-order valence-corrected chi connectivity index (χ4v) is 1.97. The van der Waals surface area contributed by atoms with Gasteiger partial charge in [-0.05, 0) is 37.8 Å². The molecule has 0 atom stereocenters. The van der Waals surface area contributed by atoms with E-state index in [1.165, 1.54) is 0 Å². The van der Waals surface area contributed by atoms with Crippen molar-refractivity contribution in [1.29, 1.82) is 0 Å². The van der Waals surface area contributed by atoms with Crippen LogP contribution in [0.25, 0.3) is 0 Å². The van der Waals surface area contributed by atoms with E-state index in [4.69, 9.17) is 16.2 Å². The van der Waals surface area contributed by atoms with Crippen molar-refractivity contribution in [3.63, 3.8) is 0 Å². The minimum absolute atomic E-state index is 0.287. The zero-order valence-corrected chi connectivity index (χ0v) is 8.86. The summed E-state index contributed by atoms with van der Waals surface area (Å²) in [6.45, 7) is 0. The SMILES string of the molecule is Nc1ccccc1OC1CCC(N)CC1. The van der Waals surface area contributed by atoms with Crippen molar-refractivity contribution in [2.75, 3.05) is 5.73 Å². The minimum atomic E-state index is 0.287. The van der Waals surface area contributed by atoms with E-state index in [0.29, 0.717) is 11.7 Å². The number of hydrogen-bond acceptors (Lipinski definition) is 3. The van der Waals surface area contributed by atoms with Crippen LogP contribution >= 0.6 is 0 Å². The molecule has 1 fully saturated rings. The molecule has 0 aromatic heterocycles. The van der Waals surface area contributed by atoms with Crippen LogP contribution < -0.4 is 16.2 Å². The molecule has 0 heterocycles. The van der Waals surface area contributed by atoms with E-state index in [-0.39, 0.29) is 6.10 Å². The molecule has 0 aliphatic heterocycles. The molecule has 1 aromatic rings. The third-order valence-corrected chi connectivity index (χ3v) is 2.93. The van der Waals surface area contributed by atoms with Crippen molar-refractivity contribution in [1.82, 2.24) is 0 Å². The van der Waals surface area contributed by atoms with E-state index >= 15 is 0 Å². The monoisotopic (exact) mass is 206 g/mol. The number of ether oxygens (including phenoxy) is 1. The van der Waals surface area contributed by atoms with E-state index in [2.05, 4.69) is 0 Å². The van der Waals surface area contributed by atoms with E-state index in [9.17, 15) is 0 Å². The van der Waals surface area contributed by atoms with Gasteiger partial charge in [0.15, 0.2) is 0 Å². The Bertz CT molecular complexity index is 319. The zero-order chi connectivity index (χ0) is 10.7. The van der Waals surface area contributed by atoms with Crippen molar-refractivity contribution in [3.8, 4) is 5.75 Å². The Kier molecular flexibility index (Phi) is 3.11. The van der Waals surface area contributed by atoms with Gasteiger partial charge in [0.2, 0.25) is 0 Å². The largest absolute Gasteiger partial charge is 0.488 e.